The Bertz CT molecular complexity index is 1860. The number of Topliss-reactive ketones (excluding diaryl/α,β-unsaturated/α-hetero) is 1. The van der Waals surface area contributed by atoms with E-state index in [1.54, 1.807) is 30.6 Å². The second kappa shape index (κ2) is 9.64. The molecule has 0 aromatic carbocycles. The molecule has 1 atom stereocenters. The van der Waals surface area contributed by atoms with Crippen LogP contribution >= 0.6 is 11.3 Å². The van der Waals surface area contributed by atoms with Crippen molar-refractivity contribution in [1.82, 2.24) is 35.1 Å². The van der Waals surface area contributed by atoms with Crippen LogP contribution in [0.1, 0.15) is 30.4 Å². The summed E-state index contributed by atoms with van der Waals surface area (Å²) < 4.78 is 16.1. The maximum absolute atomic E-state index is 16.1. The number of pyridine rings is 3. The molecule has 0 saturated heterocycles. The molecule has 6 heterocycles. The van der Waals surface area contributed by atoms with Crippen LogP contribution in [0.15, 0.2) is 49.1 Å². The summed E-state index contributed by atoms with van der Waals surface area (Å²) >= 11 is 1.34. The molecule has 0 spiro atoms. The minimum Gasteiger partial charge on any atom is -0.374 e. The second-order valence-corrected chi connectivity index (χ2v) is 10.5. The maximum Gasteiger partial charge on any atom is 0.184 e. The number of hydrogen-bond donors (Lipinski definition) is 4. The van der Waals surface area contributed by atoms with Gasteiger partial charge in [0.15, 0.2) is 17.3 Å². The van der Waals surface area contributed by atoms with Gasteiger partial charge in [0, 0.05) is 29.7 Å². The number of aromatic amines is 2. The number of carbonyl (C=O) groups is 1. The zero-order valence-corrected chi connectivity index (χ0v) is 22.0. The molecule has 0 aliphatic rings. The first-order chi connectivity index (χ1) is 18.8. The van der Waals surface area contributed by atoms with Gasteiger partial charge in [0.05, 0.1) is 32.5 Å². The third kappa shape index (κ3) is 4.43. The summed E-state index contributed by atoms with van der Waals surface area (Å²) in [6.45, 7) is 5.29. The first kappa shape index (κ1) is 24.8. The monoisotopic (exact) mass is 542 g/mol. The number of rotatable bonds is 7. The molecule has 0 bridgehead atoms. The van der Waals surface area contributed by atoms with Crippen LogP contribution in [0.3, 0.4) is 0 Å². The summed E-state index contributed by atoms with van der Waals surface area (Å²) in [5, 5.41) is 20.4. The van der Waals surface area contributed by atoms with Gasteiger partial charge in [-0.3, -0.25) is 19.9 Å². The van der Waals surface area contributed by atoms with E-state index in [9.17, 15) is 9.90 Å². The van der Waals surface area contributed by atoms with Crippen LogP contribution in [-0.2, 0) is 0 Å². The number of carbonyl (C=O) groups excluding carboxylic acids is 1. The number of fused-ring (bicyclic) bond motifs is 2. The van der Waals surface area contributed by atoms with E-state index >= 15 is 4.39 Å². The molecule has 6 aromatic rings. The largest absolute Gasteiger partial charge is 0.374 e. The molecule has 196 valence electrons. The fourth-order valence-electron chi connectivity index (χ4n) is 4.22. The number of nitrogens with zero attached hydrogens (tertiary/aromatic N) is 5. The molecule has 6 rings (SSSR count). The molecule has 0 amide bonds. The van der Waals surface area contributed by atoms with Crippen molar-refractivity contribution < 1.29 is 14.3 Å². The van der Waals surface area contributed by atoms with Gasteiger partial charge in [-0.05, 0) is 37.1 Å². The summed E-state index contributed by atoms with van der Waals surface area (Å²) in [5.74, 6) is -0.198. The summed E-state index contributed by atoms with van der Waals surface area (Å²) in [6, 6.07) is 7.10. The Morgan fingerprint density at radius 1 is 1.15 bits per heavy atom. The lowest BCUT2D eigenvalue weighted by molar-refractivity contribution is 0.102. The number of hydrogen-bond acceptors (Lipinski definition) is 9. The third-order valence-electron chi connectivity index (χ3n) is 6.34. The molecule has 10 nitrogen and oxygen atoms in total. The van der Waals surface area contributed by atoms with E-state index in [0.717, 1.165) is 4.88 Å². The van der Waals surface area contributed by atoms with Gasteiger partial charge in [0.2, 0.25) is 0 Å². The molecule has 1 unspecified atom stereocenters. The first-order valence-corrected chi connectivity index (χ1v) is 13.0. The van der Waals surface area contributed by atoms with Crippen LogP contribution in [0.5, 0.6) is 0 Å². The molecular formula is C27H23FN8O2S. The number of aliphatic hydroxyl groups excluding tert-OH is 1. The number of ketones is 1. The highest BCUT2D eigenvalue weighted by molar-refractivity contribution is 7.17. The Balaban J connectivity index is 1.43. The van der Waals surface area contributed by atoms with Crippen molar-refractivity contribution in [3.05, 3.63) is 59.7 Å². The number of anilines is 1. The quantitative estimate of drug-likeness (QED) is 0.155. The zero-order valence-electron chi connectivity index (χ0n) is 21.2. The Kier molecular flexibility index (Phi) is 6.12. The van der Waals surface area contributed by atoms with Gasteiger partial charge in [0.25, 0.3) is 0 Å². The number of aliphatic hydroxyl groups is 1. The van der Waals surface area contributed by atoms with Crippen molar-refractivity contribution in [3.63, 3.8) is 0 Å². The summed E-state index contributed by atoms with van der Waals surface area (Å²) in [5.41, 5.74) is 3.72. The molecule has 6 aromatic heterocycles. The van der Waals surface area contributed by atoms with Crippen LogP contribution in [0.25, 0.3) is 55.3 Å². The van der Waals surface area contributed by atoms with Crippen molar-refractivity contribution in [2.24, 2.45) is 5.92 Å². The maximum atomic E-state index is 16.1. The van der Waals surface area contributed by atoms with Gasteiger partial charge in [-0.15, -0.1) is 11.3 Å². The topological polar surface area (TPSA) is 145 Å². The van der Waals surface area contributed by atoms with E-state index in [-0.39, 0.29) is 28.3 Å². The van der Waals surface area contributed by atoms with E-state index in [4.69, 9.17) is 4.98 Å². The number of thiophene rings is 1. The van der Waals surface area contributed by atoms with Crippen molar-refractivity contribution in [3.8, 4) is 33.2 Å². The van der Waals surface area contributed by atoms with Crippen LogP contribution in [0, 0.1) is 11.7 Å². The van der Waals surface area contributed by atoms with E-state index in [1.165, 1.54) is 30.7 Å². The SMILES string of the molecule is CC(=O)c1ccc(-c2nccc3[nH]c(-c4[nH]nc5ncc(-c6cncc(NC(O)C(C)C)c6)c(F)c45)nc23)s1. The Labute approximate surface area is 225 Å². The minimum atomic E-state index is -0.774. The van der Waals surface area contributed by atoms with Crippen molar-refractivity contribution >= 4 is 44.9 Å². The van der Waals surface area contributed by atoms with Gasteiger partial charge < -0.3 is 15.4 Å². The molecule has 12 heteroatoms. The van der Waals surface area contributed by atoms with E-state index in [2.05, 4.69) is 35.5 Å². The molecule has 0 aliphatic carbocycles. The lowest BCUT2D eigenvalue weighted by atomic mass is 10.1. The Morgan fingerprint density at radius 3 is 2.77 bits per heavy atom. The third-order valence-corrected chi connectivity index (χ3v) is 7.53. The first-order valence-electron chi connectivity index (χ1n) is 12.2. The number of halogens is 1. The highest BCUT2D eigenvalue weighted by Crippen LogP contribution is 2.36. The van der Waals surface area contributed by atoms with Crippen molar-refractivity contribution in [2.75, 3.05) is 5.32 Å². The standard InChI is InChI=1S/C27H23FN8O2S/c1-12(2)27(38)32-15-8-14(9-29-10-15)16-11-31-25-20(21(16)28)24(35-36-25)26-33-17-6-7-30-23(22(17)34-26)19-5-4-18(39-19)13(3)37/h4-12,27,32,38H,1-3H3,(H,33,34)(H,31,35,36). The van der Waals surface area contributed by atoms with Crippen LogP contribution in [0.2, 0.25) is 0 Å². The number of H-pyrrole nitrogens is 2. The molecule has 0 fully saturated rings. The fraction of sp³-hybridized carbons (Fsp3) is 0.185. The highest BCUT2D eigenvalue weighted by Gasteiger charge is 2.22. The van der Waals surface area contributed by atoms with Crippen LogP contribution in [0.4, 0.5) is 10.1 Å². The summed E-state index contributed by atoms with van der Waals surface area (Å²) in [7, 11) is 0. The molecule has 39 heavy (non-hydrogen) atoms. The number of nitrogens with one attached hydrogen (secondary N) is 3. The fourth-order valence-corrected chi connectivity index (χ4v) is 5.11. The Hall–Kier alpha value is -4.55. The van der Waals surface area contributed by atoms with Crippen molar-refractivity contribution in [2.45, 2.75) is 27.0 Å². The predicted octanol–water partition coefficient (Wildman–Crippen LogP) is 5.41. The van der Waals surface area contributed by atoms with E-state index in [1.807, 2.05) is 19.9 Å². The normalized spacial score (nSPS) is 12.5. The van der Waals surface area contributed by atoms with Crippen molar-refractivity contribution in [1.29, 1.82) is 0 Å². The molecular weight excluding hydrogens is 519 g/mol. The van der Waals surface area contributed by atoms with Crippen LogP contribution in [-0.4, -0.2) is 52.2 Å². The number of aromatic nitrogens is 7. The van der Waals surface area contributed by atoms with Gasteiger partial charge in [-0.2, -0.15) is 5.10 Å². The van der Waals surface area contributed by atoms with Gasteiger partial charge >= 0.3 is 0 Å². The lowest BCUT2D eigenvalue weighted by Crippen LogP contribution is -2.24. The highest BCUT2D eigenvalue weighted by atomic mass is 32.1. The average molecular weight is 543 g/mol. The van der Waals surface area contributed by atoms with Gasteiger partial charge in [-0.25, -0.2) is 14.4 Å². The molecule has 0 saturated carbocycles. The predicted molar refractivity (Wildman–Crippen MR) is 148 cm³/mol. The summed E-state index contributed by atoms with van der Waals surface area (Å²) in [4.78, 5) is 34.2. The smallest absolute Gasteiger partial charge is 0.184 e. The van der Waals surface area contributed by atoms with E-state index in [0.29, 0.717) is 44.4 Å². The van der Waals surface area contributed by atoms with Gasteiger partial charge in [0.1, 0.15) is 28.9 Å². The molecule has 0 radical (unpaired) electrons. The molecule has 0 aliphatic heterocycles. The van der Waals surface area contributed by atoms with Crippen LogP contribution < -0.4 is 5.32 Å². The molecule has 4 N–H and O–H groups in total. The zero-order chi connectivity index (χ0) is 27.3. The summed E-state index contributed by atoms with van der Waals surface area (Å²) in [6.07, 6.45) is 5.39. The Morgan fingerprint density at radius 2 is 2.00 bits per heavy atom. The van der Waals surface area contributed by atoms with E-state index < -0.39 is 12.0 Å². The second-order valence-electron chi connectivity index (χ2n) is 9.44. The average Bonchev–Trinajstić information content (AvgIpc) is 3.66. The number of imidazole rings is 1. The minimum absolute atomic E-state index is 0.0172. The van der Waals surface area contributed by atoms with Gasteiger partial charge in [-0.1, -0.05) is 13.8 Å². The lowest BCUT2D eigenvalue weighted by Gasteiger charge is -2.17.